The number of anilines is 1. The van der Waals surface area contributed by atoms with Gasteiger partial charge in [-0.15, -0.1) is 12.4 Å². The molecule has 0 aromatic heterocycles. The molecule has 0 radical (unpaired) electrons. The Labute approximate surface area is 139 Å². The fourth-order valence-electron chi connectivity index (χ4n) is 2.58. The molecule has 1 aromatic rings. The molecule has 23 heavy (non-hydrogen) atoms. The third-order valence-electron chi connectivity index (χ3n) is 3.97. The molecule has 0 spiro atoms. The summed E-state index contributed by atoms with van der Waals surface area (Å²) in [7, 11) is 0. The number of benzene rings is 1. The molecule has 1 unspecified atom stereocenters. The normalized spacial score (nSPS) is 17.3. The lowest BCUT2D eigenvalue weighted by atomic mass is 9.91. The maximum atomic E-state index is 12.9. The minimum Gasteiger partial charge on any atom is -0.381 e. The van der Waals surface area contributed by atoms with E-state index >= 15 is 0 Å². The van der Waals surface area contributed by atoms with Crippen molar-refractivity contribution in [2.75, 3.05) is 18.5 Å². The summed E-state index contributed by atoms with van der Waals surface area (Å²) in [5, 5.41) is 2.52. The fourth-order valence-corrected chi connectivity index (χ4v) is 2.58. The smallest absolute Gasteiger partial charge is 0.381 e. The molecule has 1 saturated heterocycles. The number of rotatable bonds is 3. The second-order valence-electron chi connectivity index (χ2n) is 5.44. The van der Waals surface area contributed by atoms with Crippen molar-refractivity contribution < 1.29 is 22.7 Å². The van der Waals surface area contributed by atoms with E-state index in [2.05, 4.69) is 5.32 Å². The van der Waals surface area contributed by atoms with Crippen LogP contribution in [0, 0.1) is 12.8 Å². The first kappa shape index (κ1) is 19.7. The Balaban J connectivity index is 0.00000264. The SMILES string of the molecule is Cc1c(NC(=O)C(N)C2CCOCC2)cccc1C(F)(F)F.Cl. The molecule has 8 heteroatoms. The summed E-state index contributed by atoms with van der Waals surface area (Å²) in [6.45, 7) is 2.43. The zero-order chi connectivity index (χ0) is 16.3. The first-order chi connectivity index (χ1) is 10.3. The predicted molar refractivity (Wildman–Crippen MR) is 83.6 cm³/mol. The van der Waals surface area contributed by atoms with Gasteiger partial charge in [-0.1, -0.05) is 6.07 Å². The molecular weight excluding hydrogens is 333 g/mol. The number of alkyl halides is 3. The number of halogens is 4. The number of nitrogens with one attached hydrogen (secondary N) is 1. The molecule has 1 aromatic carbocycles. The van der Waals surface area contributed by atoms with E-state index in [1.807, 2.05) is 0 Å². The lowest BCUT2D eigenvalue weighted by molar-refractivity contribution is -0.138. The van der Waals surface area contributed by atoms with E-state index in [0.29, 0.717) is 26.1 Å². The summed E-state index contributed by atoms with van der Waals surface area (Å²) in [4.78, 5) is 12.2. The topological polar surface area (TPSA) is 64.4 Å². The van der Waals surface area contributed by atoms with Gasteiger partial charge in [0.05, 0.1) is 11.6 Å². The average molecular weight is 353 g/mol. The Morgan fingerprint density at radius 1 is 1.35 bits per heavy atom. The average Bonchev–Trinajstić information content (AvgIpc) is 2.48. The molecule has 1 heterocycles. The molecule has 130 valence electrons. The van der Waals surface area contributed by atoms with Gasteiger partial charge in [0, 0.05) is 18.9 Å². The maximum absolute atomic E-state index is 12.9. The van der Waals surface area contributed by atoms with Gasteiger partial charge in [0.25, 0.3) is 0 Å². The molecule has 0 aliphatic carbocycles. The van der Waals surface area contributed by atoms with Gasteiger partial charge in [0.15, 0.2) is 0 Å². The van der Waals surface area contributed by atoms with Crippen LogP contribution in [0.5, 0.6) is 0 Å². The first-order valence-corrected chi connectivity index (χ1v) is 7.11. The maximum Gasteiger partial charge on any atom is 0.416 e. The van der Waals surface area contributed by atoms with Gasteiger partial charge >= 0.3 is 6.18 Å². The Bertz CT molecular complexity index is 546. The first-order valence-electron chi connectivity index (χ1n) is 7.11. The fraction of sp³-hybridized carbons (Fsp3) is 0.533. The van der Waals surface area contributed by atoms with E-state index in [0.717, 1.165) is 6.07 Å². The molecule has 0 bridgehead atoms. The van der Waals surface area contributed by atoms with Gasteiger partial charge < -0.3 is 15.8 Å². The molecule has 1 fully saturated rings. The highest BCUT2D eigenvalue weighted by molar-refractivity contribution is 5.95. The van der Waals surface area contributed by atoms with Crippen LogP contribution in [-0.2, 0) is 15.7 Å². The van der Waals surface area contributed by atoms with Gasteiger partial charge in [0.1, 0.15) is 0 Å². The predicted octanol–water partition coefficient (Wildman–Crippen LogP) is 3.13. The van der Waals surface area contributed by atoms with Crippen LogP contribution in [-0.4, -0.2) is 25.2 Å². The zero-order valence-electron chi connectivity index (χ0n) is 12.7. The molecule has 4 nitrogen and oxygen atoms in total. The number of nitrogens with two attached hydrogens (primary N) is 1. The van der Waals surface area contributed by atoms with Crippen molar-refractivity contribution in [2.24, 2.45) is 11.7 Å². The van der Waals surface area contributed by atoms with Gasteiger partial charge in [-0.3, -0.25) is 4.79 Å². The van der Waals surface area contributed by atoms with Gasteiger partial charge in [0.2, 0.25) is 5.91 Å². The van der Waals surface area contributed by atoms with Crippen molar-refractivity contribution in [1.29, 1.82) is 0 Å². The minimum absolute atomic E-state index is 0. The largest absolute Gasteiger partial charge is 0.416 e. The van der Waals surface area contributed by atoms with Crippen molar-refractivity contribution >= 4 is 24.0 Å². The van der Waals surface area contributed by atoms with E-state index < -0.39 is 23.7 Å². The van der Waals surface area contributed by atoms with Crippen LogP contribution in [0.25, 0.3) is 0 Å². The third-order valence-corrected chi connectivity index (χ3v) is 3.97. The van der Waals surface area contributed by atoms with Crippen molar-refractivity contribution in [3.8, 4) is 0 Å². The van der Waals surface area contributed by atoms with Crippen LogP contribution in [0.15, 0.2) is 18.2 Å². The summed E-state index contributed by atoms with van der Waals surface area (Å²) in [6, 6.07) is 2.95. The van der Waals surface area contributed by atoms with E-state index in [1.165, 1.54) is 19.1 Å². The molecular formula is C15H20ClF3N2O2. The van der Waals surface area contributed by atoms with Crippen LogP contribution in [0.4, 0.5) is 18.9 Å². The van der Waals surface area contributed by atoms with E-state index in [-0.39, 0.29) is 29.6 Å². The number of ether oxygens (including phenoxy) is 1. The van der Waals surface area contributed by atoms with E-state index in [4.69, 9.17) is 10.5 Å². The Morgan fingerprint density at radius 2 is 1.96 bits per heavy atom. The van der Waals surface area contributed by atoms with Crippen molar-refractivity contribution in [1.82, 2.24) is 0 Å². The van der Waals surface area contributed by atoms with Crippen molar-refractivity contribution in [3.63, 3.8) is 0 Å². The highest BCUT2D eigenvalue weighted by Gasteiger charge is 2.33. The highest BCUT2D eigenvalue weighted by atomic mass is 35.5. The van der Waals surface area contributed by atoms with Crippen LogP contribution in [0.1, 0.15) is 24.0 Å². The van der Waals surface area contributed by atoms with Gasteiger partial charge in [-0.25, -0.2) is 0 Å². The van der Waals surface area contributed by atoms with Crippen LogP contribution in [0.2, 0.25) is 0 Å². The molecule has 1 aliphatic rings. The van der Waals surface area contributed by atoms with Crippen LogP contribution in [0.3, 0.4) is 0 Å². The quantitative estimate of drug-likeness (QED) is 0.878. The van der Waals surface area contributed by atoms with Crippen molar-refractivity contribution in [3.05, 3.63) is 29.3 Å². The lowest BCUT2D eigenvalue weighted by Gasteiger charge is -2.27. The monoisotopic (exact) mass is 352 g/mol. The van der Waals surface area contributed by atoms with E-state index in [9.17, 15) is 18.0 Å². The standard InChI is InChI=1S/C15H19F3N2O2.ClH/c1-9-11(15(16,17)18)3-2-4-12(9)20-14(21)13(19)10-5-7-22-8-6-10;/h2-4,10,13H,5-8,19H2,1H3,(H,20,21);1H. The second-order valence-corrected chi connectivity index (χ2v) is 5.44. The van der Waals surface area contributed by atoms with E-state index in [1.54, 1.807) is 0 Å². The number of amides is 1. The minimum atomic E-state index is -4.45. The zero-order valence-corrected chi connectivity index (χ0v) is 13.5. The molecule has 1 aliphatic heterocycles. The lowest BCUT2D eigenvalue weighted by Crippen LogP contribution is -2.44. The summed E-state index contributed by atoms with van der Waals surface area (Å²) in [5.41, 5.74) is 5.29. The number of carbonyl (C=O) groups excluding carboxylic acids is 1. The number of hydrogen-bond donors (Lipinski definition) is 2. The molecule has 2 rings (SSSR count). The summed E-state index contributed by atoms with van der Waals surface area (Å²) >= 11 is 0. The number of carbonyl (C=O) groups is 1. The Kier molecular flexibility index (Phi) is 6.85. The van der Waals surface area contributed by atoms with Gasteiger partial charge in [-0.2, -0.15) is 13.2 Å². The van der Waals surface area contributed by atoms with Crippen LogP contribution >= 0.6 is 12.4 Å². The molecule has 1 amide bonds. The van der Waals surface area contributed by atoms with Gasteiger partial charge in [-0.05, 0) is 43.4 Å². The highest BCUT2D eigenvalue weighted by Crippen LogP contribution is 2.34. The summed E-state index contributed by atoms with van der Waals surface area (Å²) in [5.74, 6) is -0.478. The van der Waals surface area contributed by atoms with Crippen molar-refractivity contribution in [2.45, 2.75) is 32.0 Å². The summed E-state index contributed by atoms with van der Waals surface area (Å²) in [6.07, 6.45) is -3.10. The molecule has 3 N–H and O–H groups in total. The Hall–Kier alpha value is -1.31. The summed E-state index contributed by atoms with van der Waals surface area (Å²) < 4.78 is 43.8. The van der Waals surface area contributed by atoms with Crippen LogP contribution < -0.4 is 11.1 Å². The third kappa shape index (κ3) is 4.83. The molecule has 0 saturated carbocycles. The Morgan fingerprint density at radius 3 is 2.52 bits per heavy atom. The number of hydrogen-bond acceptors (Lipinski definition) is 3. The second kappa shape index (κ2) is 7.99. The molecule has 1 atom stereocenters.